The van der Waals surface area contributed by atoms with E-state index < -0.39 is 6.23 Å². The zero-order valence-electron chi connectivity index (χ0n) is 17.3. The number of nitrogens with zero attached hydrogens (tertiary/aromatic N) is 3. The molecule has 0 radical (unpaired) electrons. The maximum absolute atomic E-state index is 11.0. The van der Waals surface area contributed by atoms with Crippen molar-refractivity contribution < 1.29 is 5.11 Å². The molecule has 0 amide bonds. The van der Waals surface area contributed by atoms with E-state index in [2.05, 4.69) is 10.4 Å². The fraction of sp³-hybridized carbons (Fsp3) is 0.348. The number of halogens is 3. The Kier molecular flexibility index (Phi) is 7.22. The van der Waals surface area contributed by atoms with Gasteiger partial charge in [-0.1, -0.05) is 59.8 Å². The van der Waals surface area contributed by atoms with Crippen molar-refractivity contribution in [2.75, 3.05) is 13.1 Å². The predicted molar refractivity (Wildman–Crippen MR) is 127 cm³/mol. The summed E-state index contributed by atoms with van der Waals surface area (Å²) in [6, 6.07) is 12.8. The van der Waals surface area contributed by atoms with Gasteiger partial charge in [-0.3, -0.25) is 0 Å². The number of nitrogens with one attached hydrogen (secondary N) is 1. The monoisotopic (exact) mass is 478 g/mol. The second kappa shape index (κ2) is 9.90. The first-order valence-electron chi connectivity index (χ1n) is 10.4. The minimum Gasteiger partial charge on any atom is -0.371 e. The van der Waals surface area contributed by atoms with Crippen molar-refractivity contribution in [3.63, 3.8) is 0 Å². The maximum atomic E-state index is 11.0. The molecule has 1 aliphatic rings. The molecule has 2 N–H and O–H groups in total. The van der Waals surface area contributed by atoms with E-state index in [0.29, 0.717) is 26.4 Å². The van der Waals surface area contributed by atoms with Crippen LogP contribution in [-0.4, -0.2) is 33.0 Å². The van der Waals surface area contributed by atoms with E-state index in [-0.39, 0.29) is 0 Å². The van der Waals surface area contributed by atoms with Gasteiger partial charge in [0.05, 0.1) is 16.4 Å². The molecule has 2 aromatic carbocycles. The van der Waals surface area contributed by atoms with E-state index in [1.54, 1.807) is 16.8 Å². The van der Waals surface area contributed by atoms with Crippen molar-refractivity contribution in [3.8, 4) is 16.9 Å². The summed E-state index contributed by atoms with van der Waals surface area (Å²) in [6.07, 6.45) is 3.74. The molecule has 2 heterocycles. The molecule has 8 heteroatoms. The largest absolute Gasteiger partial charge is 0.371 e. The lowest BCUT2D eigenvalue weighted by molar-refractivity contribution is 0.0322. The first kappa shape index (κ1) is 22.6. The molecule has 164 valence electrons. The van der Waals surface area contributed by atoms with Gasteiger partial charge in [-0.05, 0) is 50.1 Å². The van der Waals surface area contributed by atoms with Crippen molar-refractivity contribution >= 4 is 34.8 Å². The zero-order chi connectivity index (χ0) is 22.0. The number of aliphatic hydroxyl groups is 1. The minimum absolute atomic E-state index is 0.478. The molecule has 4 rings (SSSR count). The quantitative estimate of drug-likeness (QED) is 0.429. The van der Waals surface area contributed by atoms with Gasteiger partial charge < -0.3 is 5.11 Å². The van der Waals surface area contributed by atoms with Crippen molar-refractivity contribution in [2.24, 2.45) is 0 Å². The average molecular weight is 480 g/mol. The van der Waals surface area contributed by atoms with Crippen LogP contribution >= 0.6 is 34.8 Å². The number of aromatic nitrogens is 2. The van der Waals surface area contributed by atoms with E-state index in [0.717, 1.165) is 42.8 Å². The van der Waals surface area contributed by atoms with Crippen LogP contribution in [0.25, 0.3) is 16.9 Å². The van der Waals surface area contributed by atoms with Crippen molar-refractivity contribution in [2.45, 2.75) is 38.8 Å². The molecule has 1 saturated heterocycles. The van der Waals surface area contributed by atoms with Crippen molar-refractivity contribution in [1.82, 2.24) is 20.2 Å². The molecule has 3 aromatic rings. The Balaban J connectivity index is 1.77. The molecule has 0 spiro atoms. The van der Waals surface area contributed by atoms with Gasteiger partial charge in [0.15, 0.2) is 6.23 Å². The second-order valence-corrected chi connectivity index (χ2v) is 9.09. The summed E-state index contributed by atoms with van der Waals surface area (Å²) in [5.41, 5.74) is 7.10. The maximum Gasteiger partial charge on any atom is 0.162 e. The first-order valence-corrected chi connectivity index (χ1v) is 11.6. The summed E-state index contributed by atoms with van der Waals surface area (Å²) in [4.78, 5) is 0. The zero-order valence-corrected chi connectivity index (χ0v) is 19.6. The van der Waals surface area contributed by atoms with E-state index in [1.165, 1.54) is 12.8 Å². The van der Waals surface area contributed by atoms with Gasteiger partial charge in [0, 0.05) is 34.3 Å². The van der Waals surface area contributed by atoms with E-state index in [4.69, 9.17) is 39.9 Å². The Morgan fingerprint density at radius 3 is 2.23 bits per heavy atom. The first-order chi connectivity index (χ1) is 14.9. The van der Waals surface area contributed by atoms with Crippen LogP contribution in [0.5, 0.6) is 0 Å². The SMILES string of the molecule is Cc1c(C(O)NN2CCCCCC2)nn(-c2ccc(Cl)cc2Cl)c1-c1ccc(Cl)cc1. The Morgan fingerprint density at radius 2 is 1.58 bits per heavy atom. The molecule has 1 atom stereocenters. The standard InChI is InChI=1S/C23H25Cl3N4O/c1-15-21(23(31)28-29-12-4-2-3-5-13-29)27-30(20-11-10-18(25)14-19(20)26)22(15)16-6-8-17(24)9-7-16/h6-11,14,23,28,31H,2-5,12-13H2,1H3. The third-order valence-electron chi connectivity index (χ3n) is 5.58. The highest BCUT2D eigenvalue weighted by atomic mass is 35.5. The Morgan fingerprint density at radius 1 is 0.935 bits per heavy atom. The Bertz CT molecular complexity index is 1040. The van der Waals surface area contributed by atoms with Crippen molar-refractivity contribution in [3.05, 3.63) is 68.8 Å². The number of rotatable bonds is 5. The second-order valence-electron chi connectivity index (χ2n) is 7.81. The molecule has 1 aromatic heterocycles. The van der Waals surface area contributed by atoms with Gasteiger partial charge in [0.1, 0.15) is 5.69 Å². The van der Waals surface area contributed by atoms with Crippen LogP contribution in [0.15, 0.2) is 42.5 Å². The van der Waals surface area contributed by atoms with Crippen LogP contribution in [0.2, 0.25) is 15.1 Å². The number of hydrogen-bond donors (Lipinski definition) is 2. The summed E-state index contributed by atoms with van der Waals surface area (Å²) >= 11 is 18.7. The minimum atomic E-state index is -0.934. The number of hydrazine groups is 1. The molecule has 0 saturated carbocycles. The topological polar surface area (TPSA) is 53.3 Å². The normalized spacial score (nSPS) is 16.3. The highest BCUT2D eigenvalue weighted by Gasteiger charge is 2.25. The van der Waals surface area contributed by atoms with Crippen LogP contribution in [0.1, 0.15) is 43.2 Å². The molecule has 0 aliphatic carbocycles. The van der Waals surface area contributed by atoms with E-state index in [1.807, 2.05) is 37.3 Å². The summed E-state index contributed by atoms with van der Waals surface area (Å²) in [5.74, 6) is 0. The predicted octanol–water partition coefficient (Wildman–Crippen LogP) is 6.18. The molecular weight excluding hydrogens is 455 g/mol. The summed E-state index contributed by atoms with van der Waals surface area (Å²) in [5, 5.41) is 19.6. The lowest BCUT2D eigenvalue weighted by Gasteiger charge is -2.24. The molecule has 1 fully saturated rings. The number of hydrogen-bond acceptors (Lipinski definition) is 4. The molecule has 0 bridgehead atoms. The molecule has 31 heavy (non-hydrogen) atoms. The highest BCUT2D eigenvalue weighted by Crippen LogP contribution is 2.34. The highest BCUT2D eigenvalue weighted by molar-refractivity contribution is 6.35. The Labute approximate surface area is 197 Å². The van der Waals surface area contributed by atoms with Crippen LogP contribution in [0.3, 0.4) is 0 Å². The van der Waals surface area contributed by atoms with Crippen LogP contribution in [-0.2, 0) is 0 Å². The third-order valence-corrected chi connectivity index (χ3v) is 6.37. The molecule has 1 aliphatic heterocycles. The lowest BCUT2D eigenvalue weighted by Crippen LogP contribution is -2.41. The average Bonchev–Trinajstić information content (AvgIpc) is 2.89. The smallest absolute Gasteiger partial charge is 0.162 e. The van der Waals surface area contributed by atoms with Gasteiger partial charge in [-0.2, -0.15) is 5.10 Å². The van der Waals surface area contributed by atoms with Crippen LogP contribution < -0.4 is 5.43 Å². The Hall–Kier alpha value is -1.60. The van der Waals surface area contributed by atoms with Gasteiger partial charge in [0.2, 0.25) is 0 Å². The summed E-state index contributed by atoms with van der Waals surface area (Å²) in [6.45, 7) is 3.77. The van der Waals surface area contributed by atoms with Crippen LogP contribution in [0.4, 0.5) is 0 Å². The van der Waals surface area contributed by atoms with Gasteiger partial charge >= 0.3 is 0 Å². The van der Waals surface area contributed by atoms with Crippen LogP contribution in [0, 0.1) is 6.92 Å². The molecule has 1 unspecified atom stereocenters. The molecular formula is C23H25Cl3N4O. The molecule has 5 nitrogen and oxygen atoms in total. The third kappa shape index (κ3) is 5.08. The summed E-state index contributed by atoms with van der Waals surface area (Å²) < 4.78 is 1.76. The summed E-state index contributed by atoms with van der Waals surface area (Å²) in [7, 11) is 0. The van der Waals surface area contributed by atoms with Gasteiger partial charge in [-0.15, -0.1) is 0 Å². The number of benzene rings is 2. The fourth-order valence-corrected chi connectivity index (χ4v) is 4.59. The number of aliphatic hydroxyl groups excluding tert-OH is 1. The van der Waals surface area contributed by atoms with Crippen molar-refractivity contribution in [1.29, 1.82) is 0 Å². The van der Waals surface area contributed by atoms with Gasteiger partial charge in [0.25, 0.3) is 0 Å². The van der Waals surface area contributed by atoms with E-state index >= 15 is 0 Å². The van der Waals surface area contributed by atoms with Gasteiger partial charge in [-0.25, -0.2) is 15.1 Å². The fourth-order valence-electron chi connectivity index (χ4n) is 3.98. The lowest BCUT2D eigenvalue weighted by atomic mass is 10.1. The van der Waals surface area contributed by atoms with E-state index in [9.17, 15) is 5.11 Å².